The first-order chi connectivity index (χ1) is 23.8. The van der Waals surface area contributed by atoms with Gasteiger partial charge >= 0.3 is 5.97 Å². The third-order valence-electron chi connectivity index (χ3n) is 10.5. The number of phenols is 2. The van der Waals surface area contributed by atoms with E-state index in [0.717, 1.165) is 41.7 Å². The second-order valence-electron chi connectivity index (χ2n) is 13.1. The minimum atomic E-state index is -1.17. The largest absolute Gasteiger partial charge is 0.508 e. The summed E-state index contributed by atoms with van der Waals surface area (Å²) in [5, 5.41) is 31.8. The smallest absolute Gasteiger partial charge is 0.340 e. The Balaban J connectivity index is 0.000000142. The number of ether oxygens (including phenoxy) is 3. The van der Waals surface area contributed by atoms with Gasteiger partial charge in [0.15, 0.2) is 5.60 Å². The number of aromatic nitrogens is 1. The SMILES string of the molecule is C=C[C@H]1C[N@]2CC[C@H]1C[C@H]2[C@H](O)c1ccnc2ccc(OC)cc12.O=C1OC2(c3ccc(O)cc3Oc3cc(O)ccc32)c2ccccc21. The first-order valence-electron chi connectivity index (χ1n) is 16.5. The summed E-state index contributed by atoms with van der Waals surface area (Å²) in [5.74, 6) is 2.42. The van der Waals surface area contributed by atoms with Gasteiger partial charge in [-0.05, 0) is 91.4 Å². The molecule has 5 atom stereocenters. The molecule has 0 unspecified atom stereocenters. The fourth-order valence-corrected chi connectivity index (χ4v) is 8.10. The van der Waals surface area contributed by atoms with Crippen LogP contribution in [0.25, 0.3) is 10.9 Å². The van der Waals surface area contributed by atoms with Crippen LogP contribution in [0.2, 0.25) is 0 Å². The Hall–Kier alpha value is -5.38. The third-order valence-corrected chi connectivity index (χ3v) is 10.5. The van der Waals surface area contributed by atoms with Gasteiger partial charge < -0.3 is 29.5 Å². The number of carbonyl (C=O) groups is 1. The Bertz CT molecular complexity index is 2060. The van der Waals surface area contributed by atoms with E-state index in [2.05, 4.69) is 22.5 Å². The van der Waals surface area contributed by atoms with Crippen LogP contribution in [0.3, 0.4) is 0 Å². The number of esters is 1. The van der Waals surface area contributed by atoms with Gasteiger partial charge in [-0.15, -0.1) is 6.58 Å². The van der Waals surface area contributed by atoms with Gasteiger partial charge in [-0.2, -0.15) is 0 Å². The van der Waals surface area contributed by atoms with E-state index in [9.17, 15) is 20.1 Å². The van der Waals surface area contributed by atoms with Crippen molar-refractivity contribution in [2.45, 2.75) is 30.6 Å². The molecule has 3 N–H and O–H groups in total. The molecule has 5 aliphatic heterocycles. The van der Waals surface area contributed by atoms with Crippen molar-refractivity contribution in [1.82, 2.24) is 9.88 Å². The van der Waals surface area contributed by atoms with E-state index in [4.69, 9.17) is 14.2 Å². The number of aromatic hydroxyl groups is 2. The molecule has 9 heteroatoms. The van der Waals surface area contributed by atoms with Crippen LogP contribution in [0.1, 0.15) is 51.6 Å². The number of piperidine rings is 3. The van der Waals surface area contributed by atoms with Crippen LogP contribution in [0.15, 0.2) is 104 Å². The number of methoxy groups -OCH3 is 1. The molecule has 6 heterocycles. The van der Waals surface area contributed by atoms with Gasteiger partial charge in [0, 0.05) is 53.0 Å². The Morgan fingerprint density at radius 1 is 0.980 bits per heavy atom. The van der Waals surface area contributed by atoms with E-state index in [-0.39, 0.29) is 17.5 Å². The number of hydrogen-bond donors (Lipinski definition) is 3. The predicted octanol–water partition coefficient (Wildman–Crippen LogP) is 6.84. The van der Waals surface area contributed by atoms with E-state index in [0.29, 0.717) is 45.6 Å². The average Bonchev–Trinajstić information content (AvgIpc) is 3.43. The van der Waals surface area contributed by atoms with Gasteiger partial charge in [-0.3, -0.25) is 9.88 Å². The molecule has 5 aliphatic rings. The summed E-state index contributed by atoms with van der Waals surface area (Å²) in [4.78, 5) is 19.4. The maximum absolute atomic E-state index is 12.5. The molecule has 1 aromatic heterocycles. The highest BCUT2D eigenvalue weighted by Crippen LogP contribution is 2.57. The van der Waals surface area contributed by atoms with Crippen molar-refractivity contribution in [1.29, 1.82) is 0 Å². The first kappa shape index (κ1) is 30.9. The summed E-state index contributed by atoms with van der Waals surface area (Å²) in [7, 11) is 1.66. The lowest BCUT2D eigenvalue weighted by Crippen LogP contribution is -2.54. The Morgan fingerprint density at radius 2 is 1.71 bits per heavy atom. The number of fused-ring (bicyclic) bond motifs is 10. The standard InChI is InChI=1S/C20H24N2O2.C20H12O5/c1-3-13-12-22-9-7-14(13)10-19(22)20(23)16-6-8-21-18-5-4-15(24-2)11-17(16)18;21-11-5-7-15-17(9-11)24-18-10-12(22)6-8-16(18)20(15)14-4-2-1-3-13(14)19(23)25-20/h3-6,8,11,13-14,19-20,23H,1,7,9-10,12H2,2H3;1-10,21-22H/t13-,14-,19-,20+;/m0./s1. The minimum Gasteiger partial charge on any atom is -0.508 e. The molecule has 4 aromatic carbocycles. The topological polar surface area (TPSA) is 122 Å². The van der Waals surface area contributed by atoms with Gasteiger partial charge in [0.2, 0.25) is 0 Å². The molecule has 1 spiro atoms. The highest BCUT2D eigenvalue weighted by molar-refractivity contribution is 5.97. The summed E-state index contributed by atoms with van der Waals surface area (Å²) in [5.41, 5.74) is 3.13. The molecule has 0 radical (unpaired) electrons. The van der Waals surface area contributed by atoms with Crippen LogP contribution in [0.5, 0.6) is 28.7 Å². The van der Waals surface area contributed by atoms with Gasteiger partial charge in [-0.1, -0.05) is 24.3 Å². The van der Waals surface area contributed by atoms with Gasteiger partial charge in [0.05, 0.1) is 24.3 Å². The van der Waals surface area contributed by atoms with Crippen molar-refractivity contribution in [3.63, 3.8) is 0 Å². The molecule has 3 saturated heterocycles. The molecular formula is C40H36N2O7. The van der Waals surface area contributed by atoms with Gasteiger partial charge in [0.1, 0.15) is 28.7 Å². The van der Waals surface area contributed by atoms with Crippen molar-refractivity contribution in [2.24, 2.45) is 11.8 Å². The Kier molecular flexibility index (Phi) is 7.54. The lowest BCUT2D eigenvalue weighted by Gasteiger charge is -2.50. The maximum atomic E-state index is 12.5. The van der Waals surface area contributed by atoms with E-state index in [1.807, 2.05) is 36.4 Å². The predicted molar refractivity (Wildman–Crippen MR) is 183 cm³/mol. The van der Waals surface area contributed by atoms with Crippen molar-refractivity contribution >= 4 is 16.9 Å². The van der Waals surface area contributed by atoms with E-state index in [1.165, 1.54) is 30.7 Å². The van der Waals surface area contributed by atoms with E-state index >= 15 is 0 Å². The Morgan fingerprint density at radius 3 is 2.39 bits per heavy atom. The molecule has 3 fully saturated rings. The Labute approximate surface area is 283 Å². The number of carbonyl (C=O) groups excluding carboxylic acids is 1. The average molecular weight is 657 g/mol. The van der Waals surface area contributed by atoms with Crippen LogP contribution in [0.4, 0.5) is 0 Å². The molecule has 5 aromatic rings. The van der Waals surface area contributed by atoms with E-state index in [1.54, 1.807) is 37.6 Å². The van der Waals surface area contributed by atoms with Crippen molar-refractivity contribution in [3.05, 3.63) is 132 Å². The van der Waals surface area contributed by atoms with E-state index < -0.39 is 17.7 Å². The monoisotopic (exact) mass is 656 g/mol. The zero-order chi connectivity index (χ0) is 33.9. The molecule has 9 nitrogen and oxygen atoms in total. The lowest BCUT2D eigenvalue weighted by atomic mass is 9.73. The number of pyridine rings is 1. The van der Waals surface area contributed by atoms with Crippen LogP contribution in [-0.2, 0) is 10.3 Å². The molecule has 248 valence electrons. The molecular weight excluding hydrogens is 620 g/mol. The highest BCUT2D eigenvalue weighted by atomic mass is 16.6. The minimum absolute atomic E-state index is 0.0371. The number of aliphatic hydroxyl groups is 1. The highest BCUT2D eigenvalue weighted by Gasteiger charge is 2.53. The molecule has 49 heavy (non-hydrogen) atoms. The maximum Gasteiger partial charge on any atom is 0.340 e. The summed E-state index contributed by atoms with van der Waals surface area (Å²) in [6.45, 7) is 6.07. The lowest BCUT2D eigenvalue weighted by molar-refractivity contribution is -0.0444. The fourth-order valence-electron chi connectivity index (χ4n) is 8.10. The number of nitrogens with zero attached hydrogens (tertiary/aromatic N) is 2. The molecule has 0 aliphatic carbocycles. The molecule has 0 amide bonds. The second-order valence-corrected chi connectivity index (χ2v) is 13.1. The number of phenolic OH excluding ortho intramolecular Hbond substituents is 2. The van der Waals surface area contributed by atoms with Gasteiger partial charge in [-0.25, -0.2) is 4.79 Å². The molecule has 10 rings (SSSR count). The fraction of sp³-hybridized carbons (Fsp3) is 0.250. The summed E-state index contributed by atoms with van der Waals surface area (Å²) in [6, 6.07) is 24.5. The van der Waals surface area contributed by atoms with Crippen LogP contribution in [0, 0.1) is 11.8 Å². The number of rotatable bonds is 4. The summed E-state index contributed by atoms with van der Waals surface area (Å²) >= 11 is 0. The van der Waals surface area contributed by atoms with Crippen LogP contribution in [-0.4, -0.2) is 57.4 Å². The van der Waals surface area contributed by atoms with Crippen molar-refractivity contribution in [3.8, 4) is 28.7 Å². The van der Waals surface area contributed by atoms with Crippen molar-refractivity contribution < 1.29 is 34.3 Å². The van der Waals surface area contributed by atoms with Crippen molar-refractivity contribution in [2.75, 3.05) is 20.2 Å². The quantitative estimate of drug-likeness (QED) is 0.141. The van der Waals surface area contributed by atoms with Crippen LogP contribution < -0.4 is 9.47 Å². The summed E-state index contributed by atoms with van der Waals surface area (Å²) in [6.07, 6.45) is 5.62. The van der Waals surface area contributed by atoms with Gasteiger partial charge in [0.25, 0.3) is 0 Å². The number of aliphatic hydroxyl groups excluding tert-OH is 1. The number of hydrogen-bond acceptors (Lipinski definition) is 9. The zero-order valence-electron chi connectivity index (χ0n) is 27.0. The number of benzene rings is 4. The third kappa shape index (κ3) is 5.00. The molecule has 2 bridgehead atoms. The normalized spacial score (nSPS) is 22.9. The zero-order valence-corrected chi connectivity index (χ0v) is 27.0. The summed E-state index contributed by atoms with van der Waals surface area (Å²) < 4.78 is 17.1. The molecule has 0 saturated carbocycles. The first-order valence-corrected chi connectivity index (χ1v) is 16.5. The van der Waals surface area contributed by atoms with Crippen LogP contribution >= 0.6 is 0 Å². The second kappa shape index (κ2) is 11.9.